The van der Waals surface area contributed by atoms with E-state index < -0.39 is 47.0 Å². The van der Waals surface area contributed by atoms with Gasteiger partial charge in [0.15, 0.2) is 6.10 Å². The molecular weight excluding hydrogens is 385 g/mol. The molecule has 0 radical (unpaired) electrons. The summed E-state index contributed by atoms with van der Waals surface area (Å²) in [7, 11) is 0. The van der Waals surface area contributed by atoms with Gasteiger partial charge in [0.2, 0.25) is 0 Å². The standard InChI is InChI=1S/C19H14F5NO3/c1-11(18(27)25-16-10-14(20)7-8-15(16)21)28-17(26)9-4-12-2-5-13(6-3-12)19(22,23)24/h2-11H,1H3,(H,25,27)/b9-4+/t11-/m0/s1. The zero-order chi connectivity index (χ0) is 20.9. The first-order chi connectivity index (χ1) is 13.1. The van der Waals surface area contributed by atoms with Crippen molar-refractivity contribution < 1.29 is 36.3 Å². The van der Waals surface area contributed by atoms with Crippen LogP contribution in [-0.4, -0.2) is 18.0 Å². The van der Waals surface area contributed by atoms with E-state index in [-0.39, 0.29) is 0 Å². The first-order valence-corrected chi connectivity index (χ1v) is 7.88. The fraction of sp³-hybridized carbons (Fsp3) is 0.158. The van der Waals surface area contributed by atoms with E-state index in [1.807, 2.05) is 0 Å². The van der Waals surface area contributed by atoms with Crippen LogP contribution in [0.4, 0.5) is 27.6 Å². The number of halogens is 5. The Kier molecular flexibility index (Phi) is 6.50. The van der Waals surface area contributed by atoms with Crippen molar-refractivity contribution >= 4 is 23.6 Å². The number of benzene rings is 2. The first kappa shape index (κ1) is 21.1. The van der Waals surface area contributed by atoms with Crippen LogP contribution >= 0.6 is 0 Å². The van der Waals surface area contributed by atoms with E-state index in [0.717, 1.165) is 48.5 Å². The van der Waals surface area contributed by atoms with Crippen molar-refractivity contribution in [1.29, 1.82) is 0 Å². The Labute approximate surface area is 156 Å². The number of amides is 1. The molecule has 0 saturated carbocycles. The number of esters is 1. The number of alkyl halides is 3. The Bertz CT molecular complexity index is 891. The first-order valence-electron chi connectivity index (χ1n) is 7.88. The molecular formula is C19H14F5NO3. The van der Waals surface area contributed by atoms with E-state index in [4.69, 9.17) is 4.74 Å². The molecule has 4 nitrogen and oxygen atoms in total. The van der Waals surface area contributed by atoms with E-state index in [1.165, 1.54) is 13.0 Å². The maximum absolute atomic E-state index is 13.5. The van der Waals surface area contributed by atoms with Crippen molar-refractivity contribution in [2.75, 3.05) is 5.32 Å². The van der Waals surface area contributed by atoms with Crippen LogP contribution in [0.5, 0.6) is 0 Å². The minimum atomic E-state index is -4.47. The number of anilines is 1. The summed E-state index contributed by atoms with van der Waals surface area (Å²) in [4.78, 5) is 23.6. The second-order valence-electron chi connectivity index (χ2n) is 5.65. The Balaban J connectivity index is 1.93. The number of carbonyl (C=O) groups is 2. The molecule has 0 aliphatic heterocycles. The van der Waals surface area contributed by atoms with Gasteiger partial charge in [0, 0.05) is 12.1 Å². The normalized spacial score (nSPS) is 12.6. The lowest BCUT2D eigenvalue weighted by molar-refractivity contribution is -0.148. The molecule has 1 atom stereocenters. The molecule has 0 spiro atoms. The second-order valence-corrected chi connectivity index (χ2v) is 5.65. The third-order valence-corrected chi connectivity index (χ3v) is 3.50. The van der Waals surface area contributed by atoms with Crippen LogP contribution in [0.25, 0.3) is 6.08 Å². The van der Waals surface area contributed by atoms with Crippen LogP contribution in [0.1, 0.15) is 18.1 Å². The molecule has 2 rings (SSSR count). The topological polar surface area (TPSA) is 55.4 Å². The molecule has 0 unspecified atom stereocenters. The number of hydrogen-bond acceptors (Lipinski definition) is 3. The summed E-state index contributed by atoms with van der Waals surface area (Å²) in [6.45, 7) is 1.22. The highest BCUT2D eigenvalue weighted by Gasteiger charge is 2.29. The lowest BCUT2D eigenvalue weighted by Gasteiger charge is -2.13. The summed E-state index contributed by atoms with van der Waals surface area (Å²) >= 11 is 0. The van der Waals surface area contributed by atoms with Gasteiger partial charge in [-0.1, -0.05) is 12.1 Å². The molecule has 0 aliphatic rings. The molecule has 0 aliphatic carbocycles. The van der Waals surface area contributed by atoms with Crippen LogP contribution < -0.4 is 5.32 Å². The number of ether oxygens (including phenoxy) is 1. The average Bonchev–Trinajstić information content (AvgIpc) is 2.62. The van der Waals surface area contributed by atoms with Crippen molar-refractivity contribution in [3.05, 3.63) is 71.3 Å². The van der Waals surface area contributed by atoms with Crippen LogP contribution in [0.15, 0.2) is 48.5 Å². The monoisotopic (exact) mass is 399 g/mol. The predicted molar refractivity (Wildman–Crippen MR) is 91.0 cm³/mol. The maximum atomic E-state index is 13.5. The highest BCUT2D eigenvalue weighted by atomic mass is 19.4. The third kappa shape index (κ3) is 5.90. The minimum Gasteiger partial charge on any atom is -0.449 e. The van der Waals surface area contributed by atoms with Crippen molar-refractivity contribution in [1.82, 2.24) is 0 Å². The lowest BCUT2D eigenvalue weighted by Crippen LogP contribution is -2.29. The fourth-order valence-electron chi connectivity index (χ4n) is 2.04. The van der Waals surface area contributed by atoms with Gasteiger partial charge >= 0.3 is 12.1 Å². The van der Waals surface area contributed by atoms with Crippen LogP contribution in [-0.2, 0) is 20.5 Å². The Morgan fingerprint density at radius 3 is 2.32 bits per heavy atom. The number of hydrogen-bond donors (Lipinski definition) is 1. The SMILES string of the molecule is C[C@H](OC(=O)/C=C/c1ccc(C(F)(F)F)cc1)C(=O)Nc1cc(F)ccc1F. The molecule has 2 aromatic rings. The van der Waals surface area contributed by atoms with Gasteiger partial charge in [-0.25, -0.2) is 13.6 Å². The Morgan fingerprint density at radius 2 is 1.71 bits per heavy atom. The summed E-state index contributed by atoms with van der Waals surface area (Å²) < 4.78 is 68.8. The largest absolute Gasteiger partial charge is 0.449 e. The molecule has 9 heteroatoms. The van der Waals surface area contributed by atoms with Crippen molar-refractivity contribution in [3.63, 3.8) is 0 Å². The van der Waals surface area contributed by atoms with E-state index in [0.29, 0.717) is 5.56 Å². The highest BCUT2D eigenvalue weighted by Crippen LogP contribution is 2.29. The van der Waals surface area contributed by atoms with Gasteiger partial charge in [-0.15, -0.1) is 0 Å². The predicted octanol–water partition coefficient (Wildman–Crippen LogP) is 4.57. The number of nitrogens with one attached hydrogen (secondary N) is 1. The van der Waals surface area contributed by atoms with E-state index in [9.17, 15) is 31.5 Å². The van der Waals surface area contributed by atoms with Gasteiger partial charge < -0.3 is 10.1 Å². The second kappa shape index (κ2) is 8.64. The summed E-state index contributed by atoms with van der Waals surface area (Å²) in [5.74, 6) is -3.46. The van der Waals surface area contributed by atoms with Gasteiger partial charge in [0.25, 0.3) is 5.91 Å². The van der Waals surface area contributed by atoms with Crippen molar-refractivity contribution in [3.8, 4) is 0 Å². The molecule has 0 heterocycles. The molecule has 2 aromatic carbocycles. The summed E-state index contributed by atoms with van der Waals surface area (Å²) in [6, 6.07) is 6.51. The molecule has 1 N–H and O–H groups in total. The number of rotatable bonds is 5. The molecule has 148 valence electrons. The maximum Gasteiger partial charge on any atom is 0.416 e. The zero-order valence-corrected chi connectivity index (χ0v) is 14.4. The Morgan fingerprint density at radius 1 is 1.07 bits per heavy atom. The molecule has 0 saturated heterocycles. The van der Waals surface area contributed by atoms with E-state index in [1.54, 1.807) is 0 Å². The molecule has 28 heavy (non-hydrogen) atoms. The quantitative estimate of drug-likeness (QED) is 0.455. The van der Waals surface area contributed by atoms with E-state index in [2.05, 4.69) is 5.32 Å². The lowest BCUT2D eigenvalue weighted by atomic mass is 10.1. The van der Waals surface area contributed by atoms with Crippen LogP contribution in [0.3, 0.4) is 0 Å². The van der Waals surface area contributed by atoms with E-state index >= 15 is 0 Å². The summed E-state index contributed by atoms with van der Waals surface area (Å²) in [5.41, 5.74) is -0.931. The van der Waals surface area contributed by atoms with Crippen LogP contribution in [0.2, 0.25) is 0 Å². The summed E-state index contributed by atoms with van der Waals surface area (Å²) in [5, 5.41) is 2.09. The zero-order valence-electron chi connectivity index (χ0n) is 14.4. The molecule has 0 fully saturated rings. The molecule has 0 bridgehead atoms. The van der Waals surface area contributed by atoms with Crippen molar-refractivity contribution in [2.24, 2.45) is 0 Å². The van der Waals surface area contributed by atoms with Crippen molar-refractivity contribution in [2.45, 2.75) is 19.2 Å². The number of carbonyl (C=O) groups excluding carboxylic acids is 2. The molecule has 0 aromatic heterocycles. The third-order valence-electron chi connectivity index (χ3n) is 3.50. The van der Waals surface area contributed by atoms with Gasteiger partial charge in [-0.2, -0.15) is 13.2 Å². The molecule has 1 amide bonds. The smallest absolute Gasteiger partial charge is 0.416 e. The highest BCUT2D eigenvalue weighted by molar-refractivity contribution is 5.96. The minimum absolute atomic E-state index is 0.309. The van der Waals surface area contributed by atoms with Crippen LogP contribution in [0, 0.1) is 11.6 Å². The average molecular weight is 399 g/mol. The summed E-state index contributed by atoms with van der Waals surface area (Å²) in [6.07, 6.45) is -3.66. The Hall–Kier alpha value is -3.23. The van der Waals surface area contributed by atoms with Gasteiger partial charge in [0.05, 0.1) is 11.3 Å². The van der Waals surface area contributed by atoms with Gasteiger partial charge in [-0.3, -0.25) is 4.79 Å². The van der Waals surface area contributed by atoms with Gasteiger partial charge in [-0.05, 0) is 42.8 Å². The van der Waals surface area contributed by atoms with Gasteiger partial charge in [0.1, 0.15) is 11.6 Å². The fourth-order valence-corrected chi connectivity index (χ4v) is 2.04.